The lowest BCUT2D eigenvalue weighted by Crippen LogP contribution is -2.28. The second-order valence-corrected chi connectivity index (χ2v) is 6.42. The topological polar surface area (TPSA) is 59.2 Å². The van der Waals surface area contributed by atoms with Crippen molar-refractivity contribution in [3.63, 3.8) is 0 Å². The largest absolute Gasteiger partial charge is 0.343 e. The molecular weight excluding hydrogens is 310 g/mol. The highest BCUT2D eigenvalue weighted by Gasteiger charge is 2.39. The Balaban J connectivity index is 1.65. The fourth-order valence-electron chi connectivity index (χ4n) is 3.18. The zero-order valence-corrected chi connectivity index (χ0v) is 13.1. The van der Waals surface area contributed by atoms with Gasteiger partial charge in [-0.25, -0.2) is 0 Å². The van der Waals surface area contributed by atoms with Gasteiger partial charge in [0, 0.05) is 30.3 Å². The maximum Gasteiger partial charge on any atom is 0.254 e. The molecule has 116 valence electrons. The molecular formula is C17H15N3O2S. The van der Waals surface area contributed by atoms with E-state index in [9.17, 15) is 4.79 Å². The van der Waals surface area contributed by atoms with E-state index in [1.165, 1.54) is 23.3 Å². The van der Waals surface area contributed by atoms with E-state index in [4.69, 9.17) is 4.52 Å². The Kier molecular flexibility index (Phi) is 3.67. The molecule has 5 nitrogen and oxygen atoms in total. The van der Waals surface area contributed by atoms with Crippen LogP contribution in [0.5, 0.6) is 0 Å². The van der Waals surface area contributed by atoms with Gasteiger partial charge in [0.2, 0.25) is 6.39 Å². The highest BCUT2D eigenvalue weighted by Crippen LogP contribution is 2.38. The second-order valence-electron chi connectivity index (χ2n) is 5.64. The van der Waals surface area contributed by atoms with Crippen molar-refractivity contribution in [2.24, 2.45) is 0 Å². The van der Waals surface area contributed by atoms with Crippen molar-refractivity contribution in [1.29, 1.82) is 0 Å². The summed E-state index contributed by atoms with van der Waals surface area (Å²) in [6, 6.07) is 12.1. The average molecular weight is 325 g/mol. The first-order valence-electron chi connectivity index (χ1n) is 7.45. The number of nitrogens with zero attached hydrogens (tertiary/aromatic N) is 3. The van der Waals surface area contributed by atoms with E-state index in [-0.39, 0.29) is 17.7 Å². The van der Waals surface area contributed by atoms with Gasteiger partial charge in [-0.05, 0) is 17.0 Å². The molecule has 2 aromatic heterocycles. The van der Waals surface area contributed by atoms with Crippen molar-refractivity contribution in [1.82, 2.24) is 15.0 Å². The van der Waals surface area contributed by atoms with Gasteiger partial charge in [0.25, 0.3) is 5.91 Å². The van der Waals surface area contributed by atoms with Crippen LogP contribution in [0.4, 0.5) is 0 Å². The molecule has 0 aliphatic carbocycles. The van der Waals surface area contributed by atoms with Crippen LogP contribution >= 0.6 is 11.3 Å². The van der Waals surface area contributed by atoms with E-state index in [2.05, 4.69) is 22.3 Å². The zero-order valence-electron chi connectivity index (χ0n) is 12.3. The molecule has 0 radical (unpaired) electrons. The third kappa shape index (κ3) is 2.66. The number of thiophene rings is 1. The molecule has 23 heavy (non-hydrogen) atoms. The summed E-state index contributed by atoms with van der Waals surface area (Å²) in [5, 5.41) is 7.82. The van der Waals surface area contributed by atoms with Gasteiger partial charge in [0.05, 0.1) is 5.56 Å². The lowest BCUT2D eigenvalue weighted by molar-refractivity contribution is 0.0789. The Labute approximate surface area is 137 Å². The number of carbonyl (C=O) groups is 1. The minimum Gasteiger partial charge on any atom is -0.343 e. The van der Waals surface area contributed by atoms with E-state index in [0.29, 0.717) is 18.9 Å². The smallest absolute Gasteiger partial charge is 0.254 e. The van der Waals surface area contributed by atoms with E-state index in [1.807, 2.05) is 39.9 Å². The molecule has 4 rings (SSSR count). The Morgan fingerprint density at radius 1 is 1.17 bits per heavy atom. The highest BCUT2D eigenvalue weighted by atomic mass is 32.1. The van der Waals surface area contributed by atoms with Crippen molar-refractivity contribution in [3.8, 4) is 0 Å². The molecule has 1 aliphatic heterocycles. The summed E-state index contributed by atoms with van der Waals surface area (Å²) in [4.78, 5) is 18.8. The molecule has 0 bridgehead atoms. The van der Waals surface area contributed by atoms with Crippen LogP contribution in [0.25, 0.3) is 0 Å². The van der Waals surface area contributed by atoms with Gasteiger partial charge < -0.3 is 9.42 Å². The molecule has 0 saturated carbocycles. The van der Waals surface area contributed by atoms with Crippen LogP contribution in [0.2, 0.25) is 0 Å². The Morgan fingerprint density at radius 2 is 2.00 bits per heavy atom. The predicted molar refractivity (Wildman–Crippen MR) is 86.4 cm³/mol. The second kappa shape index (κ2) is 5.96. The molecule has 1 fully saturated rings. The van der Waals surface area contributed by atoms with Crippen molar-refractivity contribution >= 4 is 17.2 Å². The van der Waals surface area contributed by atoms with Gasteiger partial charge in [-0.3, -0.25) is 4.79 Å². The molecule has 1 amide bonds. The van der Waals surface area contributed by atoms with Crippen molar-refractivity contribution in [2.75, 3.05) is 13.1 Å². The summed E-state index contributed by atoms with van der Waals surface area (Å²) < 4.78 is 4.92. The summed E-state index contributed by atoms with van der Waals surface area (Å²) in [6.45, 7) is 1.27. The minimum absolute atomic E-state index is 0.0544. The molecule has 3 aromatic rings. The molecule has 6 heteroatoms. The molecule has 1 aromatic carbocycles. The average Bonchev–Trinajstić information content (AvgIpc) is 3.35. The van der Waals surface area contributed by atoms with Crippen LogP contribution < -0.4 is 0 Å². The van der Waals surface area contributed by atoms with Crippen molar-refractivity contribution < 1.29 is 9.32 Å². The van der Waals surface area contributed by atoms with Gasteiger partial charge in [-0.2, -0.15) is 16.3 Å². The highest BCUT2D eigenvalue weighted by molar-refractivity contribution is 7.08. The van der Waals surface area contributed by atoms with Crippen LogP contribution in [0.3, 0.4) is 0 Å². The number of hydrogen-bond donors (Lipinski definition) is 0. The number of hydrogen-bond acceptors (Lipinski definition) is 5. The summed E-state index contributed by atoms with van der Waals surface area (Å²) >= 11 is 1.54. The first-order chi connectivity index (χ1) is 11.3. The van der Waals surface area contributed by atoms with Gasteiger partial charge in [-0.15, -0.1) is 0 Å². The van der Waals surface area contributed by atoms with E-state index in [1.54, 1.807) is 0 Å². The van der Waals surface area contributed by atoms with Crippen LogP contribution in [-0.4, -0.2) is 34.0 Å². The van der Waals surface area contributed by atoms with Crippen LogP contribution in [0.1, 0.15) is 33.6 Å². The molecule has 0 N–H and O–H groups in total. The summed E-state index contributed by atoms with van der Waals surface area (Å²) in [5.74, 6) is 0.966. The van der Waals surface area contributed by atoms with Gasteiger partial charge in [0.15, 0.2) is 5.82 Å². The molecule has 1 aliphatic rings. The fourth-order valence-corrected chi connectivity index (χ4v) is 3.81. The van der Waals surface area contributed by atoms with E-state index >= 15 is 0 Å². The minimum atomic E-state index is 0.0544. The zero-order chi connectivity index (χ0) is 15.6. The molecule has 3 heterocycles. The standard InChI is InChI=1S/C17H15N3O2S/c21-17(13-6-7-23-10-13)20-8-14(12-4-2-1-3-5-12)15(9-20)16-18-11-22-19-16/h1-7,10-11,14-15H,8-9H2/t14-,15+/m1/s1. The molecule has 2 atom stereocenters. The number of rotatable bonds is 3. The van der Waals surface area contributed by atoms with Crippen LogP contribution in [-0.2, 0) is 0 Å². The van der Waals surface area contributed by atoms with E-state index in [0.717, 1.165) is 5.56 Å². The van der Waals surface area contributed by atoms with Crippen LogP contribution in [0, 0.1) is 0 Å². The van der Waals surface area contributed by atoms with Gasteiger partial charge in [0.1, 0.15) is 0 Å². The Hall–Kier alpha value is -2.47. The quantitative estimate of drug-likeness (QED) is 0.742. The number of amides is 1. The number of aromatic nitrogens is 2. The monoisotopic (exact) mass is 325 g/mol. The third-order valence-electron chi connectivity index (χ3n) is 4.31. The molecule has 0 spiro atoms. The molecule has 1 saturated heterocycles. The summed E-state index contributed by atoms with van der Waals surface area (Å²) in [6.07, 6.45) is 1.35. The Bertz CT molecular complexity index is 772. The number of benzene rings is 1. The summed E-state index contributed by atoms with van der Waals surface area (Å²) in [7, 11) is 0. The van der Waals surface area contributed by atoms with Crippen molar-refractivity contribution in [3.05, 3.63) is 70.5 Å². The van der Waals surface area contributed by atoms with Gasteiger partial charge >= 0.3 is 0 Å². The predicted octanol–water partition coefficient (Wildman–Crippen LogP) is 3.15. The lowest BCUT2D eigenvalue weighted by Gasteiger charge is -2.16. The maximum atomic E-state index is 12.7. The number of likely N-dealkylation sites (tertiary alicyclic amines) is 1. The van der Waals surface area contributed by atoms with Crippen molar-refractivity contribution in [2.45, 2.75) is 11.8 Å². The molecule has 0 unspecified atom stereocenters. The fraction of sp³-hybridized carbons (Fsp3) is 0.235. The van der Waals surface area contributed by atoms with Gasteiger partial charge in [-0.1, -0.05) is 35.5 Å². The maximum absolute atomic E-state index is 12.7. The Morgan fingerprint density at radius 3 is 2.70 bits per heavy atom. The first-order valence-corrected chi connectivity index (χ1v) is 8.40. The van der Waals surface area contributed by atoms with E-state index < -0.39 is 0 Å². The third-order valence-corrected chi connectivity index (χ3v) is 5.00. The van der Waals surface area contributed by atoms with Crippen LogP contribution in [0.15, 0.2) is 58.1 Å². The lowest BCUT2D eigenvalue weighted by atomic mass is 9.88. The summed E-state index contributed by atoms with van der Waals surface area (Å²) in [5.41, 5.74) is 1.94. The normalized spacial score (nSPS) is 20.8. The number of carbonyl (C=O) groups excluding carboxylic acids is 1. The SMILES string of the molecule is O=C(c1ccsc1)N1C[C@H](c2ccccc2)[C@@H](c2ncon2)C1. The first kappa shape index (κ1) is 14.1.